The molecule has 0 radical (unpaired) electrons. The highest BCUT2D eigenvalue weighted by Gasteiger charge is 2.17. The number of nitroso groups, excluding NO2 is 1. The third-order valence-electron chi connectivity index (χ3n) is 3.64. The molecular weight excluding hydrogens is 337 g/mol. The van der Waals surface area contributed by atoms with Crippen LogP contribution in [0, 0.1) is 4.91 Å². The predicted octanol–water partition coefficient (Wildman–Crippen LogP) is 4.97. The largest absolute Gasteiger partial charge is 0.378 e. The van der Waals surface area contributed by atoms with Crippen molar-refractivity contribution < 1.29 is 4.74 Å². The summed E-state index contributed by atoms with van der Waals surface area (Å²) in [5.74, 6) is 0. The average molecular weight is 352 g/mol. The van der Waals surface area contributed by atoms with Gasteiger partial charge in [-0.3, -0.25) is 0 Å². The van der Waals surface area contributed by atoms with E-state index in [1.807, 2.05) is 18.2 Å². The Morgan fingerprint density at radius 2 is 1.78 bits per heavy atom. The van der Waals surface area contributed by atoms with Crippen molar-refractivity contribution in [1.82, 2.24) is 0 Å². The van der Waals surface area contributed by atoms with Gasteiger partial charge in [0.2, 0.25) is 0 Å². The number of hydrogen-bond donors (Lipinski definition) is 1. The number of morpholine rings is 1. The number of ether oxygens (including phenoxy) is 1. The lowest BCUT2D eigenvalue weighted by Gasteiger charge is -2.29. The van der Waals surface area contributed by atoms with Crippen LogP contribution in [-0.2, 0) is 4.74 Å². The molecule has 0 atom stereocenters. The van der Waals surface area contributed by atoms with E-state index in [9.17, 15) is 4.91 Å². The van der Waals surface area contributed by atoms with Gasteiger partial charge in [0, 0.05) is 29.5 Å². The van der Waals surface area contributed by atoms with Gasteiger partial charge >= 0.3 is 0 Å². The molecule has 23 heavy (non-hydrogen) atoms. The van der Waals surface area contributed by atoms with E-state index >= 15 is 0 Å². The van der Waals surface area contributed by atoms with Gasteiger partial charge in [-0.1, -0.05) is 23.2 Å². The maximum absolute atomic E-state index is 11.2. The van der Waals surface area contributed by atoms with Crippen LogP contribution in [0.5, 0.6) is 0 Å². The molecule has 0 saturated carbocycles. The molecule has 5 nitrogen and oxygen atoms in total. The monoisotopic (exact) mass is 351 g/mol. The van der Waals surface area contributed by atoms with Crippen molar-refractivity contribution >= 4 is 46.0 Å². The number of halogens is 2. The summed E-state index contributed by atoms with van der Waals surface area (Å²) in [6.07, 6.45) is 0. The summed E-state index contributed by atoms with van der Waals surface area (Å²) < 4.78 is 5.36. The minimum atomic E-state index is 0.193. The van der Waals surface area contributed by atoms with Gasteiger partial charge in [0.15, 0.2) is 0 Å². The van der Waals surface area contributed by atoms with Gasteiger partial charge in [-0.25, -0.2) is 0 Å². The quantitative estimate of drug-likeness (QED) is 0.790. The van der Waals surface area contributed by atoms with Gasteiger partial charge in [-0.05, 0) is 41.6 Å². The van der Waals surface area contributed by atoms with Crippen molar-refractivity contribution in [3.05, 3.63) is 51.4 Å². The first kappa shape index (κ1) is 16.1. The first-order chi connectivity index (χ1) is 11.2. The van der Waals surface area contributed by atoms with Gasteiger partial charge in [0.05, 0.1) is 23.9 Å². The fourth-order valence-corrected chi connectivity index (χ4v) is 2.84. The Hall–Kier alpha value is -1.82. The zero-order valence-electron chi connectivity index (χ0n) is 12.3. The summed E-state index contributed by atoms with van der Waals surface area (Å²) in [6, 6.07) is 10.8. The lowest BCUT2D eigenvalue weighted by Crippen LogP contribution is -2.36. The molecule has 0 unspecified atom stereocenters. The standard InChI is InChI=1S/C16H15Cl2N3O2/c17-11-1-3-12(4-2-11)19-15-10-13(9-14(18)16(15)20-22)21-5-7-23-8-6-21/h1-4,9-10,19H,5-8H2. The third kappa shape index (κ3) is 3.75. The molecule has 2 aromatic rings. The normalized spacial score (nSPS) is 14.6. The Bertz CT molecular complexity index is 701. The molecule has 1 aliphatic heterocycles. The molecule has 0 amide bonds. The van der Waals surface area contributed by atoms with Crippen molar-refractivity contribution in [2.75, 3.05) is 36.5 Å². The minimum absolute atomic E-state index is 0.193. The van der Waals surface area contributed by atoms with Crippen LogP contribution in [0.4, 0.5) is 22.7 Å². The second kappa shape index (κ2) is 7.17. The van der Waals surface area contributed by atoms with Gasteiger partial charge in [0.1, 0.15) is 5.69 Å². The number of nitrogens with one attached hydrogen (secondary N) is 1. The Labute approximate surface area is 144 Å². The molecule has 1 heterocycles. The van der Waals surface area contributed by atoms with Gasteiger partial charge in [-0.2, -0.15) is 0 Å². The number of benzene rings is 2. The molecule has 7 heteroatoms. The highest BCUT2D eigenvalue weighted by Crippen LogP contribution is 2.39. The Balaban J connectivity index is 1.94. The van der Waals surface area contributed by atoms with E-state index in [1.165, 1.54) is 0 Å². The lowest BCUT2D eigenvalue weighted by molar-refractivity contribution is 0.122. The first-order valence-corrected chi connectivity index (χ1v) is 7.95. The summed E-state index contributed by atoms with van der Waals surface area (Å²) >= 11 is 12.1. The van der Waals surface area contributed by atoms with Gasteiger partial charge in [0.25, 0.3) is 0 Å². The maximum atomic E-state index is 11.2. The Kier molecular flexibility index (Phi) is 5.00. The van der Waals surface area contributed by atoms with Crippen molar-refractivity contribution in [1.29, 1.82) is 0 Å². The third-order valence-corrected chi connectivity index (χ3v) is 4.18. The van der Waals surface area contributed by atoms with Crippen molar-refractivity contribution in [2.45, 2.75) is 0 Å². The fourth-order valence-electron chi connectivity index (χ4n) is 2.47. The smallest absolute Gasteiger partial charge is 0.150 e. The van der Waals surface area contributed by atoms with Crippen LogP contribution in [0.2, 0.25) is 10.0 Å². The van der Waals surface area contributed by atoms with Crippen LogP contribution in [0.3, 0.4) is 0 Å². The molecule has 1 saturated heterocycles. The van der Waals surface area contributed by atoms with E-state index in [1.54, 1.807) is 18.2 Å². The highest BCUT2D eigenvalue weighted by atomic mass is 35.5. The van der Waals surface area contributed by atoms with Crippen LogP contribution in [0.1, 0.15) is 0 Å². The van der Waals surface area contributed by atoms with Crippen LogP contribution < -0.4 is 10.2 Å². The first-order valence-electron chi connectivity index (χ1n) is 7.19. The molecule has 0 aliphatic carbocycles. The molecule has 0 bridgehead atoms. The number of anilines is 3. The second-order valence-corrected chi connectivity index (χ2v) is 5.99. The summed E-state index contributed by atoms with van der Waals surface area (Å²) in [5, 5.41) is 7.20. The molecule has 120 valence electrons. The van der Waals surface area contributed by atoms with E-state index in [-0.39, 0.29) is 5.69 Å². The highest BCUT2D eigenvalue weighted by molar-refractivity contribution is 6.34. The predicted molar refractivity (Wildman–Crippen MR) is 94.7 cm³/mol. The fraction of sp³-hybridized carbons (Fsp3) is 0.250. The van der Waals surface area contributed by atoms with E-state index in [0.29, 0.717) is 28.9 Å². The Morgan fingerprint density at radius 1 is 1.09 bits per heavy atom. The maximum Gasteiger partial charge on any atom is 0.150 e. The SMILES string of the molecule is O=Nc1c(Cl)cc(N2CCOCC2)cc1Nc1ccc(Cl)cc1. The molecule has 1 N–H and O–H groups in total. The summed E-state index contributed by atoms with van der Waals surface area (Å²) in [7, 11) is 0. The van der Waals surface area contributed by atoms with Crippen molar-refractivity contribution in [3.8, 4) is 0 Å². The van der Waals surface area contributed by atoms with Crippen LogP contribution in [0.15, 0.2) is 41.6 Å². The van der Waals surface area contributed by atoms with Gasteiger partial charge in [-0.15, -0.1) is 4.91 Å². The summed E-state index contributed by atoms with van der Waals surface area (Å²) in [5.41, 5.74) is 2.49. The van der Waals surface area contributed by atoms with Crippen molar-refractivity contribution in [2.24, 2.45) is 5.18 Å². The molecule has 1 aliphatic rings. The Morgan fingerprint density at radius 3 is 2.43 bits per heavy atom. The number of hydrogen-bond acceptors (Lipinski definition) is 5. The average Bonchev–Trinajstić information content (AvgIpc) is 2.57. The lowest BCUT2D eigenvalue weighted by atomic mass is 10.2. The van der Waals surface area contributed by atoms with Crippen LogP contribution >= 0.6 is 23.2 Å². The van der Waals surface area contributed by atoms with E-state index in [4.69, 9.17) is 27.9 Å². The molecular formula is C16H15Cl2N3O2. The number of rotatable bonds is 4. The van der Waals surface area contributed by atoms with Crippen LogP contribution in [0.25, 0.3) is 0 Å². The molecule has 0 spiro atoms. The van der Waals surface area contributed by atoms with E-state index < -0.39 is 0 Å². The van der Waals surface area contributed by atoms with E-state index in [0.717, 1.165) is 24.5 Å². The molecule has 2 aromatic carbocycles. The van der Waals surface area contributed by atoms with Crippen LogP contribution in [-0.4, -0.2) is 26.3 Å². The summed E-state index contributed by atoms with van der Waals surface area (Å²) in [4.78, 5) is 13.3. The topological polar surface area (TPSA) is 53.9 Å². The zero-order valence-corrected chi connectivity index (χ0v) is 13.8. The molecule has 0 aromatic heterocycles. The molecule has 3 rings (SSSR count). The minimum Gasteiger partial charge on any atom is -0.378 e. The zero-order chi connectivity index (χ0) is 16.2. The number of nitrogens with zero attached hydrogens (tertiary/aromatic N) is 2. The van der Waals surface area contributed by atoms with E-state index in [2.05, 4.69) is 15.4 Å². The van der Waals surface area contributed by atoms with Crippen molar-refractivity contribution in [3.63, 3.8) is 0 Å². The summed E-state index contributed by atoms with van der Waals surface area (Å²) in [6.45, 7) is 2.91. The second-order valence-electron chi connectivity index (χ2n) is 5.15. The molecule has 1 fully saturated rings. The van der Waals surface area contributed by atoms with Gasteiger partial charge < -0.3 is 15.0 Å².